The van der Waals surface area contributed by atoms with Crippen molar-refractivity contribution in [3.05, 3.63) is 17.5 Å². The summed E-state index contributed by atoms with van der Waals surface area (Å²) in [5.74, 6) is 0. The Morgan fingerprint density at radius 3 is 2.31 bits per heavy atom. The van der Waals surface area contributed by atoms with Gasteiger partial charge in [-0.3, -0.25) is 4.68 Å². The first-order valence-electron chi connectivity index (χ1n) is 3.88. The van der Waals surface area contributed by atoms with Gasteiger partial charge in [0.1, 0.15) is 0 Å². The van der Waals surface area contributed by atoms with Gasteiger partial charge in [-0.2, -0.15) is 5.10 Å². The first kappa shape index (κ1) is 15.2. The Balaban J connectivity index is 0. The molecule has 1 atom stereocenters. The highest BCUT2D eigenvalue weighted by Gasteiger charge is 2.05. The van der Waals surface area contributed by atoms with Crippen molar-refractivity contribution in [3.8, 4) is 0 Å². The van der Waals surface area contributed by atoms with Crippen LogP contribution in [-0.4, -0.2) is 16.3 Å². The number of hydrogen-bond acceptors (Lipinski definition) is 2. The van der Waals surface area contributed by atoms with Crippen LogP contribution in [-0.2, 0) is 0 Å². The monoisotopic (exact) mass is 225 g/mol. The van der Waals surface area contributed by atoms with Crippen molar-refractivity contribution in [3.63, 3.8) is 0 Å². The van der Waals surface area contributed by atoms with E-state index >= 15 is 0 Å². The van der Waals surface area contributed by atoms with Crippen LogP contribution < -0.4 is 5.73 Å². The van der Waals surface area contributed by atoms with Crippen molar-refractivity contribution in [2.45, 2.75) is 26.8 Å². The van der Waals surface area contributed by atoms with Crippen LogP contribution in [0.3, 0.4) is 0 Å². The molecule has 0 aliphatic rings. The first-order valence-corrected chi connectivity index (χ1v) is 3.88. The fourth-order valence-corrected chi connectivity index (χ4v) is 1.19. The Kier molecular flexibility index (Phi) is 7.31. The molecule has 0 aromatic carbocycles. The highest BCUT2D eigenvalue weighted by Crippen LogP contribution is 2.08. The number of nitrogens with two attached hydrogens (primary N) is 1. The second-order valence-electron chi connectivity index (χ2n) is 2.96. The van der Waals surface area contributed by atoms with E-state index in [1.807, 2.05) is 18.5 Å². The Hall–Kier alpha value is -0.250. The lowest BCUT2D eigenvalue weighted by atomic mass is 10.3. The molecule has 1 unspecified atom stereocenters. The maximum Gasteiger partial charge on any atom is 0.0616 e. The summed E-state index contributed by atoms with van der Waals surface area (Å²) in [5.41, 5.74) is 7.76. The zero-order chi connectivity index (χ0) is 8.43. The maximum absolute atomic E-state index is 5.52. The number of nitrogens with zero attached hydrogens (tertiary/aromatic N) is 2. The average Bonchev–Trinajstić information content (AvgIpc) is 2.28. The fourth-order valence-electron chi connectivity index (χ4n) is 1.19. The van der Waals surface area contributed by atoms with Gasteiger partial charge in [0, 0.05) is 12.2 Å². The van der Waals surface area contributed by atoms with Gasteiger partial charge in [-0.15, -0.1) is 24.8 Å². The molecule has 1 aromatic heterocycles. The zero-order valence-corrected chi connectivity index (χ0v) is 9.78. The molecule has 2 N–H and O–H groups in total. The van der Waals surface area contributed by atoms with Gasteiger partial charge >= 0.3 is 0 Å². The molecule has 1 aromatic rings. The Labute approximate surface area is 91.5 Å². The lowest BCUT2D eigenvalue weighted by Crippen LogP contribution is -2.18. The second-order valence-corrected chi connectivity index (χ2v) is 2.96. The summed E-state index contributed by atoms with van der Waals surface area (Å²) in [6.45, 7) is 6.75. The maximum atomic E-state index is 5.52. The van der Waals surface area contributed by atoms with Crippen molar-refractivity contribution < 1.29 is 0 Å². The van der Waals surface area contributed by atoms with Crippen LogP contribution in [0, 0.1) is 13.8 Å². The van der Waals surface area contributed by atoms with Crippen LogP contribution in [0.1, 0.15) is 24.4 Å². The molecule has 13 heavy (non-hydrogen) atoms. The summed E-state index contributed by atoms with van der Waals surface area (Å²) < 4.78 is 1.97. The van der Waals surface area contributed by atoms with E-state index in [1.165, 1.54) is 5.69 Å². The molecule has 78 valence electrons. The minimum atomic E-state index is 0. The van der Waals surface area contributed by atoms with Crippen LogP contribution in [0.5, 0.6) is 0 Å². The molecule has 1 heterocycles. The summed E-state index contributed by atoms with van der Waals surface area (Å²) in [7, 11) is 0. The van der Waals surface area contributed by atoms with E-state index in [0.29, 0.717) is 12.6 Å². The smallest absolute Gasteiger partial charge is 0.0616 e. The van der Waals surface area contributed by atoms with Gasteiger partial charge in [0.15, 0.2) is 0 Å². The zero-order valence-electron chi connectivity index (χ0n) is 8.15. The number of aromatic nitrogens is 2. The van der Waals surface area contributed by atoms with Crippen molar-refractivity contribution >= 4 is 24.8 Å². The largest absolute Gasteiger partial charge is 0.328 e. The van der Waals surface area contributed by atoms with E-state index in [1.54, 1.807) is 0 Å². The number of rotatable bonds is 2. The van der Waals surface area contributed by atoms with Crippen molar-refractivity contribution in [2.24, 2.45) is 5.73 Å². The lowest BCUT2D eigenvalue weighted by Gasteiger charge is -2.10. The molecule has 0 aliphatic heterocycles. The number of halogens is 2. The van der Waals surface area contributed by atoms with Crippen molar-refractivity contribution in [1.29, 1.82) is 0 Å². The molecule has 0 amide bonds. The Morgan fingerprint density at radius 2 is 2.00 bits per heavy atom. The molecular formula is C8H17Cl2N3. The molecule has 0 aliphatic carbocycles. The van der Waals surface area contributed by atoms with Gasteiger partial charge < -0.3 is 5.73 Å². The molecule has 0 saturated carbocycles. The predicted octanol–water partition coefficient (Wildman–Crippen LogP) is 1.86. The summed E-state index contributed by atoms with van der Waals surface area (Å²) in [5, 5.41) is 4.32. The summed E-state index contributed by atoms with van der Waals surface area (Å²) in [6, 6.07) is 2.37. The van der Waals surface area contributed by atoms with Gasteiger partial charge in [0.25, 0.3) is 0 Å². The van der Waals surface area contributed by atoms with E-state index in [-0.39, 0.29) is 24.8 Å². The Bertz CT molecular complexity index is 248. The summed E-state index contributed by atoms with van der Waals surface area (Å²) in [6.07, 6.45) is 0. The minimum absolute atomic E-state index is 0. The van der Waals surface area contributed by atoms with Crippen molar-refractivity contribution in [2.75, 3.05) is 6.54 Å². The second kappa shape index (κ2) is 6.24. The van der Waals surface area contributed by atoms with Crippen molar-refractivity contribution in [1.82, 2.24) is 9.78 Å². The minimum Gasteiger partial charge on any atom is -0.328 e. The van der Waals surface area contributed by atoms with Crippen LogP contribution in [0.2, 0.25) is 0 Å². The molecule has 0 radical (unpaired) electrons. The molecule has 5 heteroatoms. The average molecular weight is 226 g/mol. The van der Waals surface area contributed by atoms with Crippen LogP contribution in [0.25, 0.3) is 0 Å². The molecule has 1 rings (SSSR count). The highest BCUT2D eigenvalue weighted by atomic mass is 35.5. The first-order chi connectivity index (χ1) is 5.15. The van der Waals surface area contributed by atoms with E-state index in [4.69, 9.17) is 5.73 Å². The van der Waals surface area contributed by atoms with E-state index < -0.39 is 0 Å². The third kappa shape index (κ3) is 3.55. The van der Waals surface area contributed by atoms with Gasteiger partial charge in [-0.1, -0.05) is 0 Å². The molecule has 3 nitrogen and oxygen atoms in total. The van der Waals surface area contributed by atoms with Crippen LogP contribution in [0.15, 0.2) is 6.07 Å². The topological polar surface area (TPSA) is 43.8 Å². The molecular weight excluding hydrogens is 209 g/mol. The lowest BCUT2D eigenvalue weighted by molar-refractivity contribution is 0.487. The van der Waals surface area contributed by atoms with Crippen LogP contribution >= 0.6 is 24.8 Å². The van der Waals surface area contributed by atoms with E-state index in [9.17, 15) is 0 Å². The molecule has 0 fully saturated rings. The SMILES string of the molecule is Cc1cc(C)n(C(C)CN)n1.Cl.Cl. The Morgan fingerprint density at radius 1 is 1.46 bits per heavy atom. The number of aryl methyl sites for hydroxylation is 2. The quantitative estimate of drug-likeness (QED) is 0.836. The normalized spacial score (nSPS) is 11.4. The van der Waals surface area contributed by atoms with Gasteiger partial charge in [0.2, 0.25) is 0 Å². The van der Waals surface area contributed by atoms with E-state index in [0.717, 1.165) is 5.69 Å². The predicted molar refractivity (Wildman–Crippen MR) is 60.0 cm³/mol. The fraction of sp³-hybridized carbons (Fsp3) is 0.625. The number of hydrogen-bond donors (Lipinski definition) is 1. The third-order valence-electron chi connectivity index (χ3n) is 1.80. The summed E-state index contributed by atoms with van der Waals surface area (Å²) >= 11 is 0. The highest BCUT2D eigenvalue weighted by molar-refractivity contribution is 5.85. The molecule has 0 bridgehead atoms. The van der Waals surface area contributed by atoms with E-state index in [2.05, 4.69) is 18.1 Å². The van der Waals surface area contributed by atoms with Gasteiger partial charge in [-0.25, -0.2) is 0 Å². The standard InChI is InChI=1S/C8H15N3.2ClH/c1-6-4-7(2)11(10-6)8(3)5-9;;/h4,8H,5,9H2,1-3H3;2*1H. The summed E-state index contributed by atoms with van der Waals surface area (Å²) in [4.78, 5) is 0. The van der Waals surface area contributed by atoms with Crippen LogP contribution in [0.4, 0.5) is 0 Å². The third-order valence-corrected chi connectivity index (χ3v) is 1.80. The molecule has 0 spiro atoms. The van der Waals surface area contributed by atoms with Gasteiger partial charge in [-0.05, 0) is 26.8 Å². The van der Waals surface area contributed by atoms with Gasteiger partial charge in [0.05, 0.1) is 11.7 Å². The molecule has 0 saturated heterocycles.